The predicted octanol–water partition coefficient (Wildman–Crippen LogP) is 0.672. The average molecular weight is 258 g/mol. The number of sulfone groups is 1. The molecule has 17 heavy (non-hydrogen) atoms. The van der Waals surface area contributed by atoms with Crippen LogP contribution in [0.4, 0.5) is 0 Å². The van der Waals surface area contributed by atoms with Gasteiger partial charge >= 0.3 is 5.97 Å². The number of rotatable bonds is 5. The molecular weight excluding hydrogens is 244 g/mol. The second kappa shape index (κ2) is 5.22. The van der Waals surface area contributed by atoms with E-state index < -0.39 is 15.8 Å². The third-order valence-corrected chi connectivity index (χ3v) is 2.81. The molecule has 0 saturated heterocycles. The molecule has 1 heterocycles. The number of hydrogen-bond acceptors (Lipinski definition) is 5. The van der Waals surface area contributed by atoms with Gasteiger partial charge in [0.1, 0.15) is 11.6 Å². The Morgan fingerprint density at radius 1 is 1.47 bits per heavy atom. The Labute approximate surface area is 99.6 Å². The van der Waals surface area contributed by atoms with Gasteiger partial charge in [0.05, 0.1) is 11.3 Å². The minimum atomic E-state index is -3.21. The number of aromatic nitrogens is 2. The van der Waals surface area contributed by atoms with Crippen LogP contribution in [-0.2, 0) is 22.0 Å². The van der Waals surface area contributed by atoms with Crippen molar-refractivity contribution in [1.29, 1.82) is 0 Å². The first kappa shape index (κ1) is 13.6. The van der Waals surface area contributed by atoms with Gasteiger partial charge in [-0.15, -0.1) is 0 Å². The second-order valence-electron chi connectivity index (χ2n) is 3.77. The fourth-order valence-electron chi connectivity index (χ4n) is 1.37. The molecule has 0 aromatic carbocycles. The Morgan fingerprint density at radius 3 is 2.59 bits per heavy atom. The summed E-state index contributed by atoms with van der Waals surface area (Å²) in [5.74, 6) is -1.23. The third kappa shape index (κ3) is 4.10. The van der Waals surface area contributed by atoms with E-state index in [9.17, 15) is 13.2 Å². The molecule has 0 bridgehead atoms. The van der Waals surface area contributed by atoms with Crippen LogP contribution in [0.1, 0.15) is 35.2 Å². The zero-order chi connectivity index (χ0) is 13.1. The van der Waals surface area contributed by atoms with Crippen molar-refractivity contribution in [1.82, 2.24) is 9.97 Å². The summed E-state index contributed by atoms with van der Waals surface area (Å²) in [6.07, 6.45) is 3.47. The number of nitrogens with zero attached hydrogens (tertiary/aromatic N) is 2. The van der Waals surface area contributed by atoms with E-state index in [1.807, 2.05) is 6.92 Å². The van der Waals surface area contributed by atoms with Gasteiger partial charge in [-0.25, -0.2) is 23.2 Å². The lowest BCUT2D eigenvalue weighted by Crippen LogP contribution is -2.11. The number of carboxylic acids is 1. The van der Waals surface area contributed by atoms with Crippen LogP contribution in [0.5, 0.6) is 0 Å². The molecule has 0 aliphatic carbocycles. The van der Waals surface area contributed by atoms with Crippen LogP contribution >= 0.6 is 0 Å². The zero-order valence-electron chi connectivity index (χ0n) is 9.67. The molecule has 0 amide bonds. The minimum Gasteiger partial charge on any atom is -0.478 e. The first-order valence-corrected chi connectivity index (χ1v) is 7.15. The molecular formula is C10H14N2O4S. The highest BCUT2D eigenvalue weighted by Gasteiger charge is 2.15. The molecule has 0 aliphatic heterocycles. The Morgan fingerprint density at radius 2 is 2.12 bits per heavy atom. The van der Waals surface area contributed by atoms with E-state index in [1.165, 1.54) is 6.20 Å². The fraction of sp³-hybridized carbons (Fsp3) is 0.500. The van der Waals surface area contributed by atoms with Crippen LogP contribution in [-0.4, -0.2) is 35.7 Å². The van der Waals surface area contributed by atoms with Crippen LogP contribution in [0.25, 0.3) is 0 Å². The molecule has 1 N–H and O–H groups in total. The summed E-state index contributed by atoms with van der Waals surface area (Å²) in [5, 5.41) is 8.92. The van der Waals surface area contributed by atoms with Crippen LogP contribution < -0.4 is 0 Å². The van der Waals surface area contributed by atoms with Crippen LogP contribution in [0.2, 0.25) is 0 Å². The maximum absolute atomic E-state index is 11.1. The first-order chi connectivity index (χ1) is 7.83. The van der Waals surface area contributed by atoms with Gasteiger partial charge < -0.3 is 5.11 Å². The Hall–Kier alpha value is -1.50. The third-order valence-electron chi connectivity index (χ3n) is 2.03. The number of hydrogen-bond donors (Lipinski definition) is 1. The highest BCUT2D eigenvalue weighted by Crippen LogP contribution is 2.09. The molecule has 94 valence electrons. The van der Waals surface area contributed by atoms with Crippen molar-refractivity contribution in [2.45, 2.75) is 25.5 Å². The highest BCUT2D eigenvalue weighted by molar-refractivity contribution is 7.89. The lowest BCUT2D eigenvalue weighted by atomic mass is 10.1. The van der Waals surface area contributed by atoms with E-state index in [0.717, 1.165) is 12.7 Å². The summed E-state index contributed by atoms with van der Waals surface area (Å²) in [6, 6.07) is 0. The summed E-state index contributed by atoms with van der Waals surface area (Å²) >= 11 is 0. The Kier molecular flexibility index (Phi) is 4.17. The van der Waals surface area contributed by atoms with Crippen molar-refractivity contribution in [2.24, 2.45) is 0 Å². The monoisotopic (exact) mass is 258 g/mol. The van der Waals surface area contributed by atoms with Gasteiger partial charge in [-0.2, -0.15) is 0 Å². The molecule has 1 aromatic rings. The van der Waals surface area contributed by atoms with Crippen molar-refractivity contribution in [3.8, 4) is 0 Å². The van der Waals surface area contributed by atoms with E-state index in [1.54, 1.807) is 0 Å². The molecule has 0 radical (unpaired) electrons. The lowest BCUT2D eigenvalue weighted by Gasteiger charge is -2.05. The van der Waals surface area contributed by atoms with Gasteiger partial charge in [-0.05, 0) is 6.42 Å². The van der Waals surface area contributed by atoms with Crippen molar-refractivity contribution >= 4 is 15.8 Å². The molecule has 0 spiro atoms. The summed E-state index contributed by atoms with van der Waals surface area (Å²) in [7, 11) is -3.21. The highest BCUT2D eigenvalue weighted by atomic mass is 32.2. The molecule has 1 aromatic heterocycles. The van der Waals surface area contributed by atoms with Gasteiger partial charge in [0.15, 0.2) is 9.84 Å². The van der Waals surface area contributed by atoms with E-state index in [0.29, 0.717) is 12.1 Å². The lowest BCUT2D eigenvalue weighted by molar-refractivity contribution is 0.0694. The van der Waals surface area contributed by atoms with Gasteiger partial charge in [0.25, 0.3) is 0 Å². The normalized spacial score (nSPS) is 11.4. The van der Waals surface area contributed by atoms with E-state index in [-0.39, 0.29) is 17.1 Å². The van der Waals surface area contributed by atoms with Gasteiger partial charge in [0, 0.05) is 12.5 Å². The van der Waals surface area contributed by atoms with Gasteiger partial charge in [-0.3, -0.25) is 0 Å². The molecule has 0 aliphatic rings. The standard InChI is InChI=1S/C10H14N2O4S/c1-3-4-8-7(10(13)14)5-11-9(12-8)6-17(2,15)16/h5H,3-4,6H2,1-2H3,(H,13,14). The predicted molar refractivity (Wildman–Crippen MR) is 61.5 cm³/mol. The van der Waals surface area contributed by atoms with Crippen LogP contribution in [0.3, 0.4) is 0 Å². The van der Waals surface area contributed by atoms with Gasteiger partial charge in [-0.1, -0.05) is 13.3 Å². The summed E-state index contributed by atoms with van der Waals surface area (Å²) in [5.41, 5.74) is 0.415. The van der Waals surface area contributed by atoms with Crippen LogP contribution in [0, 0.1) is 0 Å². The largest absolute Gasteiger partial charge is 0.478 e. The molecule has 0 fully saturated rings. The van der Waals surface area contributed by atoms with Crippen molar-refractivity contribution < 1.29 is 18.3 Å². The Bertz CT molecular complexity index is 525. The Balaban J connectivity index is 3.13. The molecule has 7 heteroatoms. The quantitative estimate of drug-likeness (QED) is 0.833. The number of carbonyl (C=O) groups is 1. The maximum Gasteiger partial charge on any atom is 0.339 e. The molecule has 1 rings (SSSR count). The van der Waals surface area contributed by atoms with Crippen molar-refractivity contribution in [2.75, 3.05) is 6.26 Å². The van der Waals surface area contributed by atoms with E-state index in [2.05, 4.69) is 9.97 Å². The van der Waals surface area contributed by atoms with Gasteiger partial charge in [0.2, 0.25) is 0 Å². The maximum atomic E-state index is 11.1. The number of aromatic carboxylic acids is 1. The number of carboxylic acid groups (broad SMARTS) is 1. The second-order valence-corrected chi connectivity index (χ2v) is 5.91. The summed E-state index contributed by atoms with van der Waals surface area (Å²) in [6.45, 7) is 1.89. The first-order valence-electron chi connectivity index (χ1n) is 5.09. The molecule has 0 unspecified atom stereocenters. The van der Waals surface area contributed by atoms with Crippen LogP contribution in [0.15, 0.2) is 6.20 Å². The van der Waals surface area contributed by atoms with Crippen molar-refractivity contribution in [3.05, 3.63) is 23.3 Å². The minimum absolute atomic E-state index is 0.0316. The molecule has 6 nitrogen and oxygen atoms in total. The summed E-state index contributed by atoms with van der Waals surface area (Å²) < 4.78 is 22.2. The molecule has 0 saturated carbocycles. The summed E-state index contributed by atoms with van der Waals surface area (Å²) in [4.78, 5) is 18.6. The molecule has 0 atom stereocenters. The smallest absolute Gasteiger partial charge is 0.339 e. The zero-order valence-corrected chi connectivity index (χ0v) is 10.5. The SMILES string of the molecule is CCCc1nc(CS(C)(=O)=O)ncc1C(=O)O. The van der Waals surface area contributed by atoms with Crippen molar-refractivity contribution in [3.63, 3.8) is 0 Å². The average Bonchev–Trinajstić information content (AvgIpc) is 2.15. The topological polar surface area (TPSA) is 97.2 Å². The van der Waals surface area contributed by atoms with E-state index >= 15 is 0 Å². The van der Waals surface area contributed by atoms with E-state index in [4.69, 9.17) is 5.11 Å². The number of aryl methyl sites for hydroxylation is 1. The fourth-order valence-corrected chi connectivity index (χ4v) is 1.98.